The lowest BCUT2D eigenvalue weighted by Gasteiger charge is -2.10. The Kier molecular flexibility index (Phi) is 3.39. The molecule has 0 saturated heterocycles. The van der Waals surface area contributed by atoms with Crippen molar-refractivity contribution in [3.63, 3.8) is 0 Å². The summed E-state index contributed by atoms with van der Waals surface area (Å²) in [6, 6.07) is 14.9. The number of hydrogen-bond acceptors (Lipinski definition) is 4. The van der Waals surface area contributed by atoms with Crippen LogP contribution in [0.1, 0.15) is 0 Å². The van der Waals surface area contributed by atoms with E-state index in [9.17, 15) is 0 Å². The predicted octanol–water partition coefficient (Wildman–Crippen LogP) is 4.08. The second-order valence-corrected chi connectivity index (χ2v) is 4.41. The molecule has 0 unspecified atom stereocenters. The van der Waals surface area contributed by atoms with Crippen LogP contribution in [0.5, 0.6) is 17.4 Å². The summed E-state index contributed by atoms with van der Waals surface area (Å²) in [4.78, 5) is 8.31. The molecular weight excluding hydrogens is 276 g/mol. The van der Waals surface area contributed by atoms with Crippen molar-refractivity contribution in [1.29, 1.82) is 0 Å². The molecule has 5 heteroatoms. The average Bonchev–Trinajstić information content (AvgIpc) is 2.47. The molecule has 3 rings (SSSR count). The summed E-state index contributed by atoms with van der Waals surface area (Å²) in [5, 5.41) is 0.941. The average molecular weight is 287 g/mol. The smallest absolute Gasteiger partial charge is 0.231 e. The van der Waals surface area contributed by atoms with Crippen LogP contribution in [0.3, 0.4) is 0 Å². The minimum Gasteiger partial charge on any atom is -0.493 e. The van der Waals surface area contributed by atoms with Crippen LogP contribution in [-0.4, -0.2) is 17.1 Å². The fourth-order valence-electron chi connectivity index (χ4n) is 1.91. The van der Waals surface area contributed by atoms with Crippen LogP contribution in [0.2, 0.25) is 5.28 Å². The van der Waals surface area contributed by atoms with Gasteiger partial charge in [0.05, 0.1) is 18.0 Å². The first-order chi connectivity index (χ1) is 9.78. The zero-order valence-electron chi connectivity index (χ0n) is 10.7. The van der Waals surface area contributed by atoms with Gasteiger partial charge >= 0.3 is 0 Å². The summed E-state index contributed by atoms with van der Waals surface area (Å²) >= 11 is 5.93. The Hall–Kier alpha value is -2.33. The topological polar surface area (TPSA) is 44.2 Å². The number of hydrogen-bond donors (Lipinski definition) is 0. The first-order valence-electron chi connectivity index (χ1n) is 6.01. The normalized spacial score (nSPS) is 10.5. The fraction of sp³-hybridized carbons (Fsp3) is 0.0667. The molecule has 0 aliphatic carbocycles. The molecule has 2 aromatic carbocycles. The van der Waals surface area contributed by atoms with E-state index in [1.807, 2.05) is 48.5 Å². The van der Waals surface area contributed by atoms with E-state index in [2.05, 4.69) is 9.97 Å². The van der Waals surface area contributed by atoms with Crippen LogP contribution < -0.4 is 9.47 Å². The van der Waals surface area contributed by atoms with Gasteiger partial charge in [-0.2, -0.15) is 4.98 Å². The Balaban J connectivity index is 2.10. The Bertz CT molecular complexity index is 762. The molecule has 4 nitrogen and oxygen atoms in total. The number of methoxy groups -OCH3 is 1. The minimum absolute atomic E-state index is 0.147. The lowest BCUT2D eigenvalue weighted by molar-refractivity contribution is 0.375. The van der Waals surface area contributed by atoms with E-state index < -0.39 is 0 Å². The summed E-state index contributed by atoms with van der Waals surface area (Å²) < 4.78 is 11.1. The maximum absolute atomic E-state index is 5.93. The van der Waals surface area contributed by atoms with Gasteiger partial charge in [0.1, 0.15) is 0 Å². The lowest BCUT2D eigenvalue weighted by atomic mass is 10.2. The second-order valence-electron chi connectivity index (χ2n) is 4.07. The molecule has 0 amide bonds. The number of rotatable bonds is 3. The van der Waals surface area contributed by atoms with Crippen LogP contribution >= 0.6 is 11.6 Å². The minimum atomic E-state index is 0.147. The van der Waals surface area contributed by atoms with Crippen molar-refractivity contribution in [3.05, 3.63) is 53.8 Å². The Labute approximate surface area is 121 Å². The molecule has 0 spiro atoms. The molecule has 1 heterocycles. The first-order valence-corrected chi connectivity index (χ1v) is 6.39. The standard InChI is InChI=1S/C15H11ClN2O2/c1-19-12-8-4-5-9-13(12)20-14-10-6-2-3-7-11(10)17-15(16)18-14/h2-9H,1H3. The maximum atomic E-state index is 5.93. The Morgan fingerprint density at radius 3 is 2.40 bits per heavy atom. The summed E-state index contributed by atoms with van der Waals surface area (Å²) in [5.74, 6) is 1.62. The van der Waals surface area contributed by atoms with E-state index in [-0.39, 0.29) is 5.28 Å². The highest BCUT2D eigenvalue weighted by atomic mass is 35.5. The van der Waals surface area contributed by atoms with Gasteiger partial charge < -0.3 is 9.47 Å². The maximum Gasteiger partial charge on any atom is 0.231 e. The summed E-state index contributed by atoms with van der Waals surface area (Å²) in [7, 11) is 1.59. The van der Waals surface area contributed by atoms with Crippen molar-refractivity contribution in [2.75, 3.05) is 7.11 Å². The largest absolute Gasteiger partial charge is 0.493 e. The van der Waals surface area contributed by atoms with E-state index in [1.165, 1.54) is 0 Å². The molecule has 0 N–H and O–H groups in total. The zero-order valence-corrected chi connectivity index (χ0v) is 11.5. The third kappa shape index (κ3) is 2.38. The number of para-hydroxylation sites is 3. The second kappa shape index (κ2) is 5.35. The SMILES string of the molecule is COc1ccccc1Oc1nc(Cl)nc2ccccc12. The van der Waals surface area contributed by atoms with Crippen molar-refractivity contribution >= 4 is 22.5 Å². The van der Waals surface area contributed by atoms with Gasteiger partial charge in [0.25, 0.3) is 0 Å². The van der Waals surface area contributed by atoms with Crippen molar-refractivity contribution in [1.82, 2.24) is 9.97 Å². The van der Waals surface area contributed by atoms with Crippen molar-refractivity contribution in [2.45, 2.75) is 0 Å². The van der Waals surface area contributed by atoms with E-state index in [0.717, 1.165) is 10.9 Å². The quantitative estimate of drug-likeness (QED) is 0.680. The Morgan fingerprint density at radius 2 is 1.60 bits per heavy atom. The van der Waals surface area contributed by atoms with Crippen molar-refractivity contribution < 1.29 is 9.47 Å². The number of aromatic nitrogens is 2. The number of nitrogens with zero attached hydrogens (tertiary/aromatic N) is 2. The molecule has 100 valence electrons. The predicted molar refractivity (Wildman–Crippen MR) is 77.6 cm³/mol. The van der Waals surface area contributed by atoms with E-state index in [1.54, 1.807) is 7.11 Å². The number of benzene rings is 2. The van der Waals surface area contributed by atoms with E-state index >= 15 is 0 Å². The fourth-order valence-corrected chi connectivity index (χ4v) is 2.07. The lowest BCUT2D eigenvalue weighted by Crippen LogP contribution is -1.95. The van der Waals surface area contributed by atoms with Crippen LogP contribution in [0, 0.1) is 0 Å². The molecule has 0 atom stereocenters. The molecule has 0 aliphatic rings. The molecule has 0 saturated carbocycles. The zero-order chi connectivity index (χ0) is 13.9. The molecule has 0 radical (unpaired) electrons. The van der Waals surface area contributed by atoms with Crippen LogP contribution in [0.15, 0.2) is 48.5 Å². The van der Waals surface area contributed by atoms with Gasteiger partial charge in [-0.3, -0.25) is 0 Å². The van der Waals surface area contributed by atoms with Gasteiger partial charge in [-0.15, -0.1) is 0 Å². The molecule has 0 aliphatic heterocycles. The van der Waals surface area contributed by atoms with Gasteiger partial charge in [0.15, 0.2) is 11.5 Å². The van der Waals surface area contributed by atoms with E-state index in [0.29, 0.717) is 17.4 Å². The van der Waals surface area contributed by atoms with Gasteiger partial charge in [0, 0.05) is 0 Å². The Morgan fingerprint density at radius 1 is 0.900 bits per heavy atom. The first kappa shape index (κ1) is 12.7. The van der Waals surface area contributed by atoms with Gasteiger partial charge in [-0.05, 0) is 35.9 Å². The monoisotopic (exact) mass is 286 g/mol. The molecule has 20 heavy (non-hydrogen) atoms. The molecule has 1 aromatic heterocycles. The number of halogens is 1. The van der Waals surface area contributed by atoms with Crippen LogP contribution in [-0.2, 0) is 0 Å². The van der Waals surface area contributed by atoms with Crippen molar-refractivity contribution in [3.8, 4) is 17.4 Å². The molecular formula is C15H11ClN2O2. The molecule has 0 fully saturated rings. The van der Waals surface area contributed by atoms with E-state index in [4.69, 9.17) is 21.1 Å². The number of fused-ring (bicyclic) bond motifs is 1. The molecule has 3 aromatic rings. The highest BCUT2D eigenvalue weighted by molar-refractivity contribution is 6.28. The third-order valence-electron chi connectivity index (χ3n) is 2.82. The summed E-state index contributed by atoms with van der Waals surface area (Å²) in [6.07, 6.45) is 0. The number of ether oxygens (including phenoxy) is 2. The summed E-state index contributed by atoms with van der Waals surface area (Å²) in [5.41, 5.74) is 0.734. The molecule has 0 bridgehead atoms. The van der Waals surface area contributed by atoms with Gasteiger partial charge in [0.2, 0.25) is 11.2 Å². The van der Waals surface area contributed by atoms with Crippen molar-refractivity contribution in [2.24, 2.45) is 0 Å². The van der Waals surface area contributed by atoms with Crippen LogP contribution in [0.25, 0.3) is 10.9 Å². The van der Waals surface area contributed by atoms with Gasteiger partial charge in [-0.25, -0.2) is 4.98 Å². The van der Waals surface area contributed by atoms with Gasteiger partial charge in [-0.1, -0.05) is 24.3 Å². The highest BCUT2D eigenvalue weighted by Crippen LogP contribution is 2.33. The van der Waals surface area contributed by atoms with Crippen LogP contribution in [0.4, 0.5) is 0 Å². The third-order valence-corrected chi connectivity index (χ3v) is 2.99. The highest BCUT2D eigenvalue weighted by Gasteiger charge is 2.11. The summed E-state index contributed by atoms with van der Waals surface area (Å²) in [6.45, 7) is 0.